The highest BCUT2D eigenvalue weighted by molar-refractivity contribution is 5.85. The number of nitriles is 1. The van der Waals surface area contributed by atoms with Crippen LogP contribution in [-0.2, 0) is 33.3 Å². The second kappa shape index (κ2) is 12.5. The highest BCUT2D eigenvalue weighted by Crippen LogP contribution is 2.31. The van der Waals surface area contributed by atoms with Crippen molar-refractivity contribution >= 4 is 23.7 Å². The van der Waals surface area contributed by atoms with Crippen molar-refractivity contribution in [1.82, 2.24) is 0 Å². The normalized spacial score (nSPS) is 30.9. The minimum Gasteiger partial charge on any atom is -0.454 e. The zero-order chi connectivity index (χ0) is 26.2. The molecule has 2 aliphatic rings. The number of hydrogen-bond donors (Lipinski definition) is 2. The third kappa shape index (κ3) is 6.60. The van der Waals surface area contributed by atoms with Crippen molar-refractivity contribution in [2.45, 2.75) is 57.4 Å². The molecule has 7 atom stereocenters. The van der Waals surface area contributed by atoms with Gasteiger partial charge in [0.2, 0.25) is 0 Å². The van der Waals surface area contributed by atoms with Crippen molar-refractivity contribution in [2.24, 2.45) is 11.8 Å². The molecule has 194 valence electrons. The summed E-state index contributed by atoms with van der Waals surface area (Å²) < 4.78 is 28.0. The number of aliphatic hydroxyl groups excluding tert-OH is 1. The fourth-order valence-electron chi connectivity index (χ4n) is 3.81. The van der Waals surface area contributed by atoms with Crippen molar-refractivity contribution in [2.75, 3.05) is 19.0 Å². The average molecular weight is 503 g/mol. The number of carbonyl (C=O) groups excluding carboxylic acids is 3. The zero-order valence-electron chi connectivity index (χ0n) is 20.3. The average Bonchev–Trinajstić information content (AvgIpc) is 2.87. The predicted molar refractivity (Wildman–Crippen MR) is 124 cm³/mol. The van der Waals surface area contributed by atoms with Crippen LogP contribution in [0.2, 0.25) is 0 Å². The topological polar surface area (TPSA) is 153 Å². The molecule has 1 amide bonds. The van der Waals surface area contributed by atoms with Crippen LogP contribution in [0.25, 0.3) is 0 Å². The molecule has 0 bridgehead atoms. The number of carbonyl (C=O) groups is 3. The molecule has 11 heteroatoms. The number of hydrogen-bond acceptors (Lipinski definition) is 10. The Hall–Kier alpha value is -3.46. The maximum atomic E-state index is 12.9. The van der Waals surface area contributed by atoms with Crippen LogP contribution in [0.4, 0.5) is 10.5 Å². The van der Waals surface area contributed by atoms with E-state index in [1.165, 1.54) is 31.4 Å². The van der Waals surface area contributed by atoms with Gasteiger partial charge in [-0.2, -0.15) is 5.26 Å². The quantitative estimate of drug-likeness (QED) is 0.356. The molecule has 1 aromatic rings. The zero-order valence-corrected chi connectivity index (χ0v) is 20.3. The first kappa shape index (κ1) is 27.1. The van der Waals surface area contributed by atoms with E-state index in [1.807, 2.05) is 6.07 Å². The van der Waals surface area contributed by atoms with Gasteiger partial charge in [-0.25, -0.2) is 4.79 Å². The first-order valence-corrected chi connectivity index (χ1v) is 11.6. The van der Waals surface area contributed by atoms with Crippen LogP contribution >= 0.6 is 0 Å². The largest absolute Gasteiger partial charge is 0.454 e. The van der Waals surface area contributed by atoms with E-state index in [9.17, 15) is 19.5 Å². The first-order chi connectivity index (χ1) is 17.3. The number of amides is 1. The Balaban J connectivity index is 1.90. The third-order valence-corrected chi connectivity index (χ3v) is 5.96. The van der Waals surface area contributed by atoms with Crippen LogP contribution in [0.1, 0.15) is 32.3 Å². The van der Waals surface area contributed by atoms with E-state index in [0.29, 0.717) is 24.1 Å². The summed E-state index contributed by atoms with van der Waals surface area (Å²) in [5, 5.41) is 21.4. The molecule has 2 N–H and O–H groups in total. The number of nitrogens with zero attached hydrogens (tertiary/aromatic N) is 1. The number of fused-ring (bicyclic) bond motifs is 1. The molecule has 2 aliphatic heterocycles. The van der Waals surface area contributed by atoms with Crippen molar-refractivity contribution < 1.29 is 43.2 Å². The number of benzene rings is 1. The number of ether oxygens (including phenoxy) is 5. The van der Waals surface area contributed by atoms with E-state index in [1.54, 1.807) is 26.0 Å². The van der Waals surface area contributed by atoms with Crippen molar-refractivity contribution in [1.29, 1.82) is 5.26 Å². The highest BCUT2D eigenvalue weighted by Gasteiger charge is 2.53. The van der Waals surface area contributed by atoms with E-state index in [2.05, 4.69) is 5.32 Å². The Morgan fingerprint density at radius 3 is 2.19 bits per heavy atom. The lowest BCUT2D eigenvalue weighted by Crippen LogP contribution is -2.63. The molecule has 0 radical (unpaired) electrons. The van der Waals surface area contributed by atoms with Crippen LogP contribution in [0.3, 0.4) is 0 Å². The molecule has 0 unspecified atom stereocenters. The maximum Gasteiger partial charge on any atom is 0.412 e. The van der Waals surface area contributed by atoms with Gasteiger partial charge in [-0.1, -0.05) is 26.0 Å². The van der Waals surface area contributed by atoms with E-state index in [4.69, 9.17) is 28.9 Å². The van der Waals surface area contributed by atoms with Crippen LogP contribution in [-0.4, -0.2) is 67.6 Å². The summed E-state index contributed by atoms with van der Waals surface area (Å²) in [4.78, 5) is 38.4. The molecule has 36 heavy (non-hydrogen) atoms. The second-order valence-corrected chi connectivity index (χ2v) is 8.69. The maximum absolute atomic E-state index is 12.9. The van der Waals surface area contributed by atoms with Crippen molar-refractivity contribution in [3.05, 3.63) is 42.0 Å². The summed E-state index contributed by atoms with van der Waals surface area (Å²) in [5.41, 5.74) is 0.752. The first-order valence-electron chi connectivity index (χ1n) is 11.6. The molecule has 0 spiro atoms. The minimum atomic E-state index is -1.33. The van der Waals surface area contributed by atoms with Crippen LogP contribution in [0.5, 0.6) is 0 Å². The molecule has 3 rings (SSSR count). The summed E-state index contributed by atoms with van der Waals surface area (Å²) in [6.45, 7) is 2.79. The monoisotopic (exact) mass is 502 g/mol. The lowest BCUT2D eigenvalue weighted by atomic mass is 9.97. The standard InChI is InChI=1S/C25H30N2O9/c1-14-6-4-5-7-15(2)23(30)35-21-20(34-22(14)29)19(18(13-28)33-24(21)32-3)36-25(31)27-17-10-8-16(12-26)9-11-17/h4-5,8-11,14-15,18-21,24,28H,6-7,13H2,1-3H3,(H,27,31)/t14-,15-,18+,19+,20-,21+,24-/m0/s1. The van der Waals surface area contributed by atoms with Crippen LogP contribution in [0, 0.1) is 23.2 Å². The van der Waals surface area contributed by atoms with Gasteiger partial charge in [0.05, 0.1) is 30.1 Å². The van der Waals surface area contributed by atoms with Gasteiger partial charge in [0, 0.05) is 12.8 Å². The Morgan fingerprint density at radius 2 is 1.67 bits per heavy atom. The summed E-state index contributed by atoms with van der Waals surface area (Å²) in [7, 11) is 1.32. The molecule has 1 aromatic carbocycles. The van der Waals surface area contributed by atoms with Gasteiger partial charge in [0.25, 0.3) is 0 Å². The van der Waals surface area contributed by atoms with Crippen LogP contribution < -0.4 is 5.32 Å². The van der Waals surface area contributed by atoms with E-state index >= 15 is 0 Å². The van der Waals surface area contributed by atoms with E-state index in [0.717, 1.165) is 0 Å². The molecule has 2 heterocycles. The van der Waals surface area contributed by atoms with Gasteiger partial charge >= 0.3 is 18.0 Å². The second-order valence-electron chi connectivity index (χ2n) is 8.69. The van der Waals surface area contributed by atoms with E-state index < -0.39 is 67.2 Å². The minimum absolute atomic E-state index is 0.346. The molecular weight excluding hydrogens is 472 g/mol. The lowest BCUT2D eigenvalue weighted by Gasteiger charge is -2.44. The van der Waals surface area contributed by atoms with Gasteiger partial charge < -0.3 is 28.8 Å². The number of nitrogens with one attached hydrogen (secondary N) is 1. The van der Waals surface area contributed by atoms with Gasteiger partial charge in [-0.15, -0.1) is 0 Å². The van der Waals surface area contributed by atoms with Gasteiger partial charge in [0.1, 0.15) is 6.10 Å². The van der Waals surface area contributed by atoms with Crippen LogP contribution in [0.15, 0.2) is 36.4 Å². The number of methoxy groups -OCH3 is 1. The van der Waals surface area contributed by atoms with Gasteiger partial charge in [-0.05, 0) is 37.1 Å². The predicted octanol–water partition coefficient (Wildman–Crippen LogP) is 2.28. The Bertz CT molecular complexity index is 1000. The molecule has 1 fully saturated rings. The molecule has 0 saturated carbocycles. The third-order valence-electron chi connectivity index (χ3n) is 5.96. The summed E-state index contributed by atoms with van der Waals surface area (Å²) in [5.74, 6) is -2.21. The summed E-state index contributed by atoms with van der Waals surface area (Å²) in [6, 6.07) is 8.03. The number of aliphatic hydroxyl groups is 1. The number of rotatable bonds is 4. The summed E-state index contributed by atoms with van der Waals surface area (Å²) in [6.07, 6.45) is -2.78. The smallest absolute Gasteiger partial charge is 0.412 e. The number of allylic oxidation sites excluding steroid dienone is 2. The van der Waals surface area contributed by atoms with Gasteiger partial charge in [-0.3, -0.25) is 14.9 Å². The van der Waals surface area contributed by atoms with Gasteiger partial charge in [0.15, 0.2) is 24.6 Å². The fraction of sp³-hybridized carbons (Fsp3) is 0.520. The molecule has 11 nitrogen and oxygen atoms in total. The molecule has 0 aliphatic carbocycles. The number of anilines is 1. The Labute approximate surface area is 208 Å². The SMILES string of the molecule is CO[C@H]1O[C@H](CO)[C@@H](OC(=O)Nc2ccc(C#N)cc2)[C@@H]2OC(=O)[C@@H](C)CC=CC[C@H](C)C(=O)O[C@@H]12. The number of esters is 2. The van der Waals surface area contributed by atoms with Crippen molar-refractivity contribution in [3.63, 3.8) is 0 Å². The van der Waals surface area contributed by atoms with E-state index in [-0.39, 0.29) is 0 Å². The summed E-state index contributed by atoms with van der Waals surface area (Å²) >= 11 is 0. The lowest BCUT2D eigenvalue weighted by molar-refractivity contribution is -0.300. The van der Waals surface area contributed by atoms with Crippen molar-refractivity contribution in [3.8, 4) is 6.07 Å². The molecule has 0 aromatic heterocycles. The highest BCUT2D eigenvalue weighted by atomic mass is 16.7. The Morgan fingerprint density at radius 1 is 1.08 bits per heavy atom. The molecular formula is C25H30N2O9. The fourth-order valence-corrected chi connectivity index (χ4v) is 3.81. The molecule has 1 saturated heterocycles. The Kier molecular flexibility index (Phi) is 9.41.